The molecule has 1 rings (SSSR count). The van der Waals surface area contributed by atoms with Gasteiger partial charge in [-0.25, -0.2) is 13.8 Å². The SMILES string of the molecule is CCNc1cc(C(=O)NCC(F)(F)C(F)F)cc(Cl)n1. The van der Waals surface area contributed by atoms with Crippen LogP contribution in [0.1, 0.15) is 17.3 Å². The third-order valence-electron chi connectivity index (χ3n) is 2.22. The van der Waals surface area contributed by atoms with Gasteiger partial charge >= 0.3 is 12.3 Å². The van der Waals surface area contributed by atoms with Gasteiger partial charge in [-0.05, 0) is 19.1 Å². The van der Waals surface area contributed by atoms with Crippen molar-refractivity contribution in [3.63, 3.8) is 0 Å². The van der Waals surface area contributed by atoms with Crippen LogP contribution in [0, 0.1) is 0 Å². The summed E-state index contributed by atoms with van der Waals surface area (Å²) in [6, 6.07) is 2.43. The van der Waals surface area contributed by atoms with Crippen molar-refractivity contribution in [1.29, 1.82) is 0 Å². The third kappa shape index (κ3) is 4.52. The quantitative estimate of drug-likeness (QED) is 0.627. The van der Waals surface area contributed by atoms with Gasteiger partial charge in [0.2, 0.25) is 0 Å². The van der Waals surface area contributed by atoms with E-state index < -0.39 is 24.8 Å². The molecule has 0 radical (unpaired) electrons. The minimum atomic E-state index is -4.28. The van der Waals surface area contributed by atoms with Crippen LogP contribution in [0.15, 0.2) is 12.1 Å². The van der Waals surface area contributed by atoms with Gasteiger partial charge in [0.25, 0.3) is 5.91 Å². The maximum atomic E-state index is 12.7. The van der Waals surface area contributed by atoms with Crippen LogP contribution in [-0.2, 0) is 0 Å². The molecular weight excluding hydrogens is 302 g/mol. The highest BCUT2D eigenvalue weighted by Crippen LogP contribution is 2.22. The maximum absolute atomic E-state index is 12.7. The average Bonchev–Trinajstić information content (AvgIpc) is 2.35. The number of alkyl halides is 4. The number of aromatic nitrogens is 1. The Balaban J connectivity index is 2.77. The van der Waals surface area contributed by atoms with Crippen molar-refractivity contribution in [2.75, 3.05) is 18.4 Å². The van der Waals surface area contributed by atoms with Crippen LogP contribution in [0.4, 0.5) is 23.4 Å². The van der Waals surface area contributed by atoms with Crippen LogP contribution in [0.25, 0.3) is 0 Å². The van der Waals surface area contributed by atoms with Gasteiger partial charge in [0.1, 0.15) is 11.0 Å². The van der Waals surface area contributed by atoms with Gasteiger partial charge in [-0.3, -0.25) is 4.79 Å². The summed E-state index contributed by atoms with van der Waals surface area (Å²) in [7, 11) is 0. The van der Waals surface area contributed by atoms with Gasteiger partial charge in [-0.2, -0.15) is 8.78 Å². The highest BCUT2D eigenvalue weighted by atomic mass is 35.5. The van der Waals surface area contributed by atoms with E-state index in [9.17, 15) is 22.4 Å². The highest BCUT2D eigenvalue weighted by Gasteiger charge is 2.40. The first-order valence-electron chi connectivity index (χ1n) is 5.62. The van der Waals surface area contributed by atoms with Crippen LogP contribution in [-0.4, -0.2) is 36.3 Å². The summed E-state index contributed by atoms with van der Waals surface area (Å²) in [4.78, 5) is 15.5. The molecule has 1 heterocycles. The number of pyridine rings is 1. The molecule has 0 atom stereocenters. The number of halogens is 5. The van der Waals surface area contributed by atoms with Gasteiger partial charge in [0, 0.05) is 12.1 Å². The molecule has 112 valence electrons. The van der Waals surface area contributed by atoms with Gasteiger partial charge in [-0.15, -0.1) is 0 Å². The first kappa shape index (κ1) is 16.5. The van der Waals surface area contributed by atoms with Gasteiger partial charge in [0.05, 0.1) is 6.54 Å². The lowest BCUT2D eigenvalue weighted by atomic mass is 10.2. The first-order chi connectivity index (χ1) is 9.26. The van der Waals surface area contributed by atoms with Crippen molar-refractivity contribution in [2.24, 2.45) is 0 Å². The third-order valence-corrected chi connectivity index (χ3v) is 2.41. The molecule has 4 nitrogen and oxygen atoms in total. The fourth-order valence-corrected chi connectivity index (χ4v) is 1.49. The number of nitrogens with zero attached hydrogens (tertiary/aromatic N) is 1. The van der Waals surface area contributed by atoms with Gasteiger partial charge < -0.3 is 10.6 Å². The van der Waals surface area contributed by atoms with Crippen molar-refractivity contribution in [2.45, 2.75) is 19.3 Å². The van der Waals surface area contributed by atoms with E-state index in [1.54, 1.807) is 12.2 Å². The summed E-state index contributed by atoms with van der Waals surface area (Å²) in [6.45, 7) is 0.837. The smallest absolute Gasteiger partial charge is 0.324 e. The monoisotopic (exact) mass is 313 g/mol. The van der Waals surface area contributed by atoms with Crippen molar-refractivity contribution in [1.82, 2.24) is 10.3 Å². The molecule has 0 saturated carbocycles. The summed E-state index contributed by atoms with van der Waals surface area (Å²) in [6.07, 6.45) is -3.85. The second-order valence-electron chi connectivity index (χ2n) is 3.84. The number of hydrogen-bond donors (Lipinski definition) is 2. The van der Waals surface area contributed by atoms with Crippen molar-refractivity contribution in [3.05, 3.63) is 22.8 Å². The molecule has 0 fully saturated rings. The molecule has 2 N–H and O–H groups in total. The summed E-state index contributed by atoms with van der Waals surface area (Å²) < 4.78 is 49.3. The molecule has 1 amide bonds. The second kappa shape index (κ2) is 6.74. The Morgan fingerprint density at radius 1 is 1.45 bits per heavy atom. The largest absolute Gasteiger partial charge is 0.370 e. The fraction of sp³-hybridized carbons (Fsp3) is 0.455. The van der Waals surface area contributed by atoms with Crippen LogP contribution >= 0.6 is 11.6 Å². The number of hydrogen-bond acceptors (Lipinski definition) is 3. The van der Waals surface area contributed by atoms with E-state index in [0.717, 1.165) is 6.07 Å². The molecule has 0 aliphatic carbocycles. The molecule has 1 aromatic rings. The number of carbonyl (C=O) groups excluding carboxylic acids is 1. The molecule has 1 aromatic heterocycles. The zero-order valence-corrected chi connectivity index (χ0v) is 11.1. The van der Waals surface area contributed by atoms with Crippen LogP contribution < -0.4 is 10.6 Å². The molecular formula is C11H12ClF4N3O. The Bertz CT molecular complexity index is 485. The van der Waals surface area contributed by atoms with E-state index in [1.165, 1.54) is 6.07 Å². The fourth-order valence-electron chi connectivity index (χ4n) is 1.28. The summed E-state index contributed by atoms with van der Waals surface area (Å²) in [5.41, 5.74) is -0.0500. The molecule has 20 heavy (non-hydrogen) atoms. The lowest BCUT2D eigenvalue weighted by Gasteiger charge is -2.16. The first-order valence-corrected chi connectivity index (χ1v) is 5.99. The average molecular weight is 314 g/mol. The Labute approximate surface area is 117 Å². The Kier molecular flexibility index (Phi) is 5.55. The van der Waals surface area contributed by atoms with Crippen LogP contribution in [0.2, 0.25) is 5.15 Å². The topological polar surface area (TPSA) is 54.0 Å². The maximum Gasteiger partial charge on any atom is 0.324 e. The number of anilines is 1. The zero-order valence-electron chi connectivity index (χ0n) is 10.4. The molecule has 0 aliphatic heterocycles. The molecule has 0 saturated heterocycles. The van der Waals surface area contributed by atoms with E-state index in [4.69, 9.17) is 11.6 Å². The predicted octanol–water partition coefficient (Wildman–Crippen LogP) is 2.80. The normalized spacial score (nSPS) is 11.6. The zero-order chi connectivity index (χ0) is 15.3. The number of carbonyl (C=O) groups is 1. The highest BCUT2D eigenvalue weighted by molar-refractivity contribution is 6.29. The predicted molar refractivity (Wildman–Crippen MR) is 66.7 cm³/mol. The van der Waals surface area contributed by atoms with Gasteiger partial charge in [-0.1, -0.05) is 11.6 Å². The summed E-state index contributed by atoms with van der Waals surface area (Å²) >= 11 is 5.67. The van der Waals surface area contributed by atoms with E-state index in [-0.39, 0.29) is 16.5 Å². The van der Waals surface area contributed by atoms with E-state index in [2.05, 4.69) is 10.3 Å². The standard InChI is InChI=1S/C11H12ClF4N3O/c1-2-17-8-4-6(3-7(12)19-8)9(20)18-5-11(15,16)10(13)14/h3-4,10H,2,5H2,1H3,(H,17,19)(H,18,20). The van der Waals surface area contributed by atoms with E-state index in [1.807, 2.05) is 0 Å². The molecule has 0 bridgehead atoms. The van der Waals surface area contributed by atoms with E-state index >= 15 is 0 Å². The van der Waals surface area contributed by atoms with Gasteiger partial charge in [0.15, 0.2) is 0 Å². The van der Waals surface area contributed by atoms with Crippen molar-refractivity contribution < 1.29 is 22.4 Å². The Morgan fingerprint density at radius 3 is 2.65 bits per heavy atom. The molecule has 0 aromatic carbocycles. The van der Waals surface area contributed by atoms with Crippen molar-refractivity contribution in [3.8, 4) is 0 Å². The molecule has 0 spiro atoms. The lowest BCUT2D eigenvalue weighted by Crippen LogP contribution is -2.41. The minimum absolute atomic E-state index is 0.0192. The number of amides is 1. The molecule has 9 heteroatoms. The Morgan fingerprint density at radius 2 is 2.10 bits per heavy atom. The molecule has 0 aliphatic rings. The number of rotatable bonds is 6. The van der Waals surface area contributed by atoms with Crippen LogP contribution in [0.5, 0.6) is 0 Å². The van der Waals surface area contributed by atoms with Crippen molar-refractivity contribution >= 4 is 23.3 Å². The lowest BCUT2D eigenvalue weighted by molar-refractivity contribution is -0.123. The Hall–Kier alpha value is -1.57. The summed E-state index contributed by atoms with van der Waals surface area (Å²) in [5, 5.41) is 4.51. The van der Waals surface area contributed by atoms with Crippen LogP contribution in [0.3, 0.4) is 0 Å². The minimum Gasteiger partial charge on any atom is -0.370 e. The van der Waals surface area contributed by atoms with E-state index in [0.29, 0.717) is 6.54 Å². The summed E-state index contributed by atoms with van der Waals surface area (Å²) in [5.74, 6) is -4.93. The number of nitrogens with one attached hydrogen (secondary N) is 2. The molecule has 0 unspecified atom stereocenters. The second-order valence-corrected chi connectivity index (χ2v) is 4.23.